The standard InChI is InChI=1S/C29H30N4O3S2/c1-5-6-25(22(4)36-38(35)19-24-13-9-21(3)10-14-24)17-26(18-30)28(34)31-29-33-32-27(37-29)16-15-23-11-7-20(2)8-12-23/h5-14,17H,15-16,19H2,1-4H3,(H,31,33,34)/p+1/b6-5-,25-22-,26-17-. The lowest BCUT2D eigenvalue weighted by molar-refractivity contribution is -0.433. The SMILES string of the molecule is C\C=C/C(/C=C(/C#N)C(=O)Nc1[nH+]nc(CCc2ccc(C)cc2)s1)=C(\C)OS(=O)Cc1ccc(C)cc1. The Labute approximate surface area is 230 Å². The van der Waals surface area contributed by atoms with Crippen molar-refractivity contribution in [1.29, 1.82) is 5.26 Å². The number of allylic oxidation sites excluding steroid dienone is 5. The summed E-state index contributed by atoms with van der Waals surface area (Å²) in [6.45, 7) is 7.50. The first-order valence-electron chi connectivity index (χ1n) is 12.1. The summed E-state index contributed by atoms with van der Waals surface area (Å²) in [5.74, 6) is -0.00587. The van der Waals surface area contributed by atoms with Crippen molar-refractivity contribution in [2.75, 3.05) is 5.32 Å². The zero-order valence-electron chi connectivity index (χ0n) is 21.9. The van der Waals surface area contributed by atoms with Gasteiger partial charge in [-0.15, -0.1) is 5.10 Å². The van der Waals surface area contributed by atoms with Gasteiger partial charge in [0.1, 0.15) is 22.4 Å². The molecule has 1 amide bonds. The molecule has 0 aliphatic heterocycles. The van der Waals surface area contributed by atoms with Crippen molar-refractivity contribution in [3.63, 3.8) is 0 Å². The molecule has 9 heteroatoms. The molecular weight excluding hydrogens is 516 g/mol. The van der Waals surface area contributed by atoms with Crippen molar-refractivity contribution in [1.82, 2.24) is 5.10 Å². The lowest BCUT2D eigenvalue weighted by Crippen LogP contribution is -2.19. The van der Waals surface area contributed by atoms with Gasteiger partial charge in [0.05, 0.1) is 5.75 Å². The van der Waals surface area contributed by atoms with E-state index in [9.17, 15) is 14.3 Å². The Morgan fingerprint density at radius 1 is 1.11 bits per heavy atom. The second-order valence-electron chi connectivity index (χ2n) is 8.69. The first-order valence-corrected chi connectivity index (χ1v) is 14.1. The number of aryl methyl sites for hydroxylation is 4. The summed E-state index contributed by atoms with van der Waals surface area (Å²) in [5, 5.41) is 20.8. The molecule has 196 valence electrons. The van der Waals surface area contributed by atoms with Crippen LogP contribution in [0.25, 0.3) is 0 Å². The van der Waals surface area contributed by atoms with Crippen molar-refractivity contribution < 1.29 is 18.3 Å². The molecule has 1 atom stereocenters. The smallest absolute Gasteiger partial charge is 0.361 e. The Morgan fingerprint density at radius 3 is 2.34 bits per heavy atom. The van der Waals surface area contributed by atoms with Gasteiger partial charge in [-0.1, -0.05) is 76.9 Å². The molecule has 2 N–H and O–H groups in total. The predicted octanol–water partition coefficient (Wildman–Crippen LogP) is 5.48. The van der Waals surface area contributed by atoms with E-state index in [4.69, 9.17) is 4.18 Å². The fourth-order valence-electron chi connectivity index (χ4n) is 3.40. The van der Waals surface area contributed by atoms with Gasteiger partial charge in [0.2, 0.25) is 11.1 Å². The minimum atomic E-state index is -1.62. The number of hydrogen-bond acceptors (Lipinski definition) is 6. The van der Waals surface area contributed by atoms with Crippen LogP contribution < -0.4 is 10.4 Å². The normalized spacial score (nSPS) is 13.1. The molecule has 0 spiro atoms. The second kappa shape index (κ2) is 14.2. The number of aromatic nitrogens is 2. The highest BCUT2D eigenvalue weighted by Crippen LogP contribution is 2.18. The summed E-state index contributed by atoms with van der Waals surface area (Å²) in [5.41, 5.74) is 4.80. The molecule has 1 aromatic heterocycles. The van der Waals surface area contributed by atoms with Gasteiger partial charge in [-0.05, 0) is 62.7 Å². The summed E-state index contributed by atoms with van der Waals surface area (Å²) in [6.07, 6.45) is 6.44. The largest absolute Gasteiger partial charge is 0.405 e. The fraction of sp³-hybridized carbons (Fsp3) is 0.241. The number of nitrogens with zero attached hydrogens (tertiary/aromatic N) is 2. The molecule has 0 aliphatic rings. The van der Waals surface area contributed by atoms with Gasteiger partial charge in [-0.2, -0.15) is 10.6 Å². The van der Waals surface area contributed by atoms with E-state index in [-0.39, 0.29) is 11.3 Å². The second-order valence-corrected chi connectivity index (χ2v) is 10.8. The van der Waals surface area contributed by atoms with Crippen LogP contribution in [0.5, 0.6) is 0 Å². The third kappa shape index (κ3) is 8.91. The Hall–Kier alpha value is -3.87. The van der Waals surface area contributed by atoms with E-state index in [0.717, 1.165) is 29.0 Å². The quantitative estimate of drug-likeness (QED) is 0.148. The maximum absolute atomic E-state index is 12.8. The van der Waals surface area contributed by atoms with Gasteiger partial charge >= 0.3 is 11.0 Å². The Morgan fingerprint density at radius 2 is 1.74 bits per heavy atom. The summed E-state index contributed by atoms with van der Waals surface area (Å²) in [4.78, 5) is 12.8. The summed E-state index contributed by atoms with van der Waals surface area (Å²) < 4.78 is 18.2. The molecule has 3 rings (SSSR count). The van der Waals surface area contributed by atoms with Gasteiger partial charge in [0.15, 0.2) is 0 Å². The van der Waals surface area contributed by atoms with E-state index in [1.54, 1.807) is 26.0 Å². The number of anilines is 1. The Balaban J connectivity index is 1.66. The minimum absolute atomic E-state index is 0.117. The van der Waals surface area contributed by atoms with Crippen LogP contribution in [-0.4, -0.2) is 15.2 Å². The molecule has 0 saturated carbocycles. The van der Waals surface area contributed by atoms with E-state index in [0.29, 0.717) is 16.5 Å². The average Bonchev–Trinajstić information content (AvgIpc) is 3.34. The predicted molar refractivity (Wildman–Crippen MR) is 151 cm³/mol. The van der Waals surface area contributed by atoms with Gasteiger partial charge in [0, 0.05) is 12.0 Å². The number of H-pyrrole nitrogens is 1. The van der Waals surface area contributed by atoms with Crippen LogP contribution in [0.15, 0.2) is 83.7 Å². The maximum Gasteiger partial charge on any atom is 0.361 e. The van der Waals surface area contributed by atoms with Crippen LogP contribution in [0.3, 0.4) is 0 Å². The van der Waals surface area contributed by atoms with Crippen molar-refractivity contribution in [3.05, 3.63) is 111 Å². The van der Waals surface area contributed by atoms with E-state index < -0.39 is 17.0 Å². The highest BCUT2D eigenvalue weighted by atomic mass is 32.2. The van der Waals surface area contributed by atoms with Crippen LogP contribution in [0.4, 0.5) is 5.13 Å². The molecule has 1 unspecified atom stereocenters. The van der Waals surface area contributed by atoms with Crippen LogP contribution in [0, 0.1) is 25.2 Å². The monoisotopic (exact) mass is 547 g/mol. The molecule has 3 aromatic rings. The first-order chi connectivity index (χ1) is 18.3. The maximum atomic E-state index is 12.8. The Bertz CT molecular complexity index is 1410. The number of nitriles is 1. The minimum Gasteiger partial charge on any atom is -0.405 e. The molecule has 7 nitrogen and oxygen atoms in total. The molecule has 1 heterocycles. The number of amides is 1. The number of hydrogen-bond donors (Lipinski definition) is 1. The van der Waals surface area contributed by atoms with Crippen LogP contribution >= 0.6 is 11.3 Å². The average molecular weight is 548 g/mol. The summed E-state index contributed by atoms with van der Waals surface area (Å²) >= 11 is -0.291. The third-order valence-corrected chi connectivity index (χ3v) is 7.45. The third-order valence-electron chi connectivity index (χ3n) is 5.52. The Kier molecular flexibility index (Phi) is 10.7. The number of carbonyl (C=O) groups excluding carboxylic acids is 1. The van der Waals surface area contributed by atoms with E-state index >= 15 is 0 Å². The number of rotatable bonds is 11. The number of nitrogens with one attached hydrogen (secondary N) is 2. The number of aromatic amines is 1. The first kappa shape index (κ1) is 28.7. The lowest BCUT2D eigenvalue weighted by atomic mass is 10.1. The van der Waals surface area contributed by atoms with Gasteiger partial charge in [-0.3, -0.25) is 0 Å². The molecule has 0 radical (unpaired) electrons. The van der Waals surface area contributed by atoms with Crippen molar-refractivity contribution >= 4 is 33.5 Å². The fourth-order valence-corrected chi connectivity index (χ4v) is 5.07. The highest BCUT2D eigenvalue weighted by molar-refractivity contribution is 7.79. The van der Waals surface area contributed by atoms with Crippen molar-refractivity contribution in [2.45, 2.75) is 46.3 Å². The molecule has 38 heavy (non-hydrogen) atoms. The highest BCUT2D eigenvalue weighted by Gasteiger charge is 2.20. The summed E-state index contributed by atoms with van der Waals surface area (Å²) in [7, 11) is 0. The molecule has 0 saturated heterocycles. The van der Waals surface area contributed by atoms with Crippen molar-refractivity contribution in [2.24, 2.45) is 0 Å². The molecule has 0 fully saturated rings. The summed E-state index contributed by atoms with van der Waals surface area (Å²) in [6, 6.07) is 18.0. The van der Waals surface area contributed by atoms with E-state index in [1.807, 2.05) is 37.3 Å². The number of carbonyl (C=O) groups is 1. The van der Waals surface area contributed by atoms with E-state index in [2.05, 4.69) is 46.7 Å². The molecule has 2 aromatic carbocycles. The van der Waals surface area contributed by atoms with E-state index in [1.165, 1.54) is 28.5 Å². The lowest BCUT2D eigenvalue weighted by Gasteiger charge is -2.08. The van der Waals surface area contributed by atoms with Crippen LogP contribution in [-0.2, 0) is 38.7 Å². The van der Waals surface area contributed by atoms with Crippen LogP contribution in [0.1, 0.15) is 41.1 Å². The van der Waals surface area contributed by atoms with Crippen molar-refractivity contribution in [3.8, 4) is 6.07 Å². The molecular formula is C29H31N4O3S2+. The van der Waals surface area contributed by atoms with Gasteiger partial charge < -0.3 is 4.18 Å². The molecule has 0 aliphatic carbocycles. The topological polar surface area (TPSA) is 106 Å². The zero-order valence-corrected chi connectivity index (χ0v) is 23.5. The van der Waals surface area contributed by atoms with Gasteiger partial charge in [-0.25, -0.2) is 9.00 Å². The van der Waals surface area contributed by atoms with Gasteiger partial charge in [0.25, 0.3) is 0 Å². The number of benzene rings is 2. The van der Waals surface area contributed by atoms with Crippen LogP contribution in [0.2, 0.25) is 0 Å². The molecule has 0 bridgehead atoms. The zero-order chi connectivity index (χ0) is 27.5.